The van der Waals surface area contributed by atoms with Crippen LogP contribution in [-0.2, 0) is 5.41 Å². The summed E-state index contributed by atoms with van der Waals surface area (Å²) in [5.41, 5.74) is 2.08. The molecule has 1 aliphatic rings. The van der Waals surface area contributed by atoms with Crippen molar-refractivity contribution >= 4 is 0 Å². The van der Waals surface area contributed by atoms with Gasteiger partial charge in [-0.2, -0.15) is 0 Å². The monoisotopic (exact) mass is 296 g/mol. The number of aromatic hydroxyl groups is 1. The molecule has 0 radical (unpaired) electrons. The summed E-state index contributed by atoms with van der Waals surface area (Å²) in [4.78, 5) is 0. The second kappa shape index (κ2) is 5.05. The number of phenols is 1. The van der Waals surface area contributed by atoms with E-state index in [0.29, 0.717) is 11.7 Å². The first-order chi connectivity index (χ1) is 10.4. The number of hydrogen-bond acceptors (Lipinski definition) is 2. The van der Waals surface area contributed by atoms with Crippen LogP contribution in [-0.4, -0.2) is 10.7 Å². The molecule has 1 aliphatic heterocycles. The van der Waals surface area contributed by atoms with Crippen molar-refractivity contribution in [2.75, 3.05) is 0 Å². The van der Waals surface area contributed by atoms with Gasteiger partial charge < -0.3 is 9.84 Å². The highest BCUT2D eigenvalue weighted by atomic mass is 16.5. The minimum absolute atomic E-state index is 0.146. The minimum atomic E-state index is -0.207. The van der Waals surface area contributed by atoms with Crippen LogP contribution in [0.25, 0.3) is 0 Å². The van der Waals surface area contributed by atoms with E-state index in [9.17, 15) is 5.11 Å². The summed E-state index contributed by atoms with van der Waals surface area (Å²) >= 11 is 0. The lowest BCUT2D eigenvalue weighted by Crippen LogP contribution is -2.53. The molecule has 0 spiro atoms. The SMILES string of the molecule is CCC1(C)Oc2ccccc2C(C)(c2ccc(O)cc2)C1C. The van der Waals surface area contributed by atoms with E-state index in [1.807, 2.05) is 18.2 Å². The molecule has 2 aromatic carbocycles. The number of para-hydroxylation sites is 1. The van der Waals surface area contributed by atoms with Crippen LogP contribution in [0, 0.1) is 5.92 Å². The standard InChI is InChI=1S/C20H24O2/c1-5-19(3)14(2)20(4,15-10-12-16(21)13-11-15)17-8-6-7-9-18(17)22-19/h6-14,21H,5H2,1-4H3. The third-order valence-electron chi connectivity index (χ3n) is 5.74. The number of hydrogen-bond donors (Lipinski definition) is 1. The van der Waals surface area contributed by atoms with Crippen LogP contribution in [0.1, 0.15) is 45.2 Å². The minimum Gasteiger partial charge on any atom is -0.508 e. The average molecular weight is 296 g/mol. The Hall–Kier alpha value is -1.96. The molecule has 22 heavy (non-hydrogen) atoms. The van der Waals surface area contributed by atoms with E-state index in [1.54, 1.807) is 12.1 Å². The van der Waals surface area contributed by atoms with Crippen molar-refractivity contribution in [2.45, 2.75) is 45.1 Å². The molecule has 1 heterocycles. The molecule has 0 fully saturated rings. The van der Waals surface area contributed by atoms with E-state index in [4.69, 9.17) is 4.74 Å². The van der Waals surface area contributed by atoms with Gasteiger partial charge in [0.1, 0.15) is 17.1 Å². The van der Waals surface area contributed by atoms with Gasteiger partial charge in [-0.25, -0.2) is 0 Å². The molecule has 0 saturated heterocycles. The fourth-order valence-electron chi connectivity index (χ4n) is 3.76. The fraction of sp³-hybridized carbons (Fsp3) is 0.400. The highest BCUT2D eigenvalue weighted by Gasteiger charge is 2.50. The zero-order chi connectivity index (χ0) is 16.0. The van der Waals surface area contributed by atoms with Gasteiger partial charge in [0.25, 0.3) is 0 Å². The van der Waals surface area contributed by atoms with Crippen molar-refractivity contribution in [3.8, 4) is 11.5 Å². The first kappa shape index (κ1) is 15.0. The van der Waals surface area contributed by atoms with Gasteiger partial charge in [0, 0.05) is 16.9 Å². The second-order valence-corrected chi connectivity index (χ2v) is 6.74. The first-order valence-corrected chi connectivity index (χ1v) is 8.00. The smallest absolute Gasteiger partial charge is 0.124 e. The number of ether oxygens (including phenoxy) is 1. The Morgan fingerprint density at radius 2 is 1.68 bits per heavy atom. The van der Waals surface area contributed by atoms with Crippen LogP contribution >= 0.6 is 0 Å². The van der Waals surface area contributed by atoms with E-state index in [1.165, 1.54) is 11.1 Å². The summed E-state index contributed by atoms with van der Waals surface area (Å²) in [6.45, 7) is 8.94. The number of benzene rings is 2. The van der Waals surface area contributed by atoms with Crippen molar-refractivity contribution < 1.29 is 9.84 Å². The van der Waals surface area contributed by atoms with Gasteiger partial charge in [-0.1, -0.05) is 51.1 Å². The second-order valence-electron chi connectivity index (χ2n) is 6.74. The Bertz CT molecular complexity index is 676. The summed E-state index contributed by atoms with van der Waals surface area (Å²) in [6.07, 6.45) is 0.955. The quantitative estimate of drug-likeness (QED) is 0.854. The molecule has 2 nitrogen and oxygen atoms in total. The van der Waals surface area contributed by atoms with Gasteiger partial charge in [-0.3, -0.25) is 0 Å². The van der Waals surface area contributed by atoms with Crippen molar-refractivity contribution in [3.05, 3.63) is 59.7 Å². The van der Waals surface area contributed by atoms with Crippen LogP contribution in [0.2, 0.25) is 0 Å². The van der Waals surface area contributed by atoms with Crippen molar-refractivity contribution in [1.29, 1.82) is 0 Å². The summed E-state index contributed by atoms with van der Waals surface area (Å²) in [6, 6.07) is 15.9. The Morgan fingerprint density at radius 1 is 1.05 bits per heavy atom. The molecule has 3 rings (SSSR count). The lowest BCUT2D eigenvalue weighted by Gasteiger charge is -2.51. The lowest BCUT2D eigenvalue weighted by molar-refractivity contribution is -0.0175. The third-order valence-corrected chi connectivity index (χ3v) is 5.74. The van der Waals surface area contributed by atoms with E-state index in [-0.39, 0.29) is 11.0 Å². The molecular formula is C20H24O2. The van der Waals surface area contributed by atoms with Gasteiger partial charge >= 0.3 is 0 Å². The molecule has 0 aliphatic carbocycles. The van der Waals surface area contributed by atoms with Crippen LogP contribution in [0.4, 0.5) is 0 Å². The Labute approximate surface area is 132 Å². The number of phenolic OH excluding ortho intramolecular Hbond substituents is 1. The Morgan fingerprint density at radius 3 is 2.32 bits per heavy atom. The van der Waals surface area contributed by atoms with Gasteiger partial charge in [0.2, 0.25) is 0 Å². The third kappa shape index (κ3) is 2.01. The summed E-state index contributed by atoms with van der Waals surface area (Å²) in [7, 11) is 0. The Kier molecular flexibility index (Phi) is 3.43. The van der Waals surface area contributed by atoms with Crippen LogP contribution in [0.15, 0.2) is 48.5 Å². The zero-order valence-corrected chi connectivity index (χ0v) is 13.8. The molecule has 0 aromatic heterocycles. The van der Waals surface area contributed by atoms with Gasteiger partial charge in [0.15, 0.2) is 0 Å². The predicted molar refractivity (Wildman–Crippen MR) is 89.5 cm³/mol. The van der Waals surface area contributed by atoms with E-state index in [2.05, 4.69) is 45.9 Å². The highest BCUT2D eigenvalue weighted by molar-refractivity contribution is 5.50. The summed E-state index contributed by atoms with van der Waals surface area (Å²) in [5, 5.41) is 9.62. The molecule has 2 heteroatoms. The largest absolute Gasteiger partial charge is 0.508 e. The van der Waals surface area contributed by atoms with E-state index >= 15 is 0 Å². The van der Waals surface area contributed by atoms with Crippen LogP contribution < -0.4 is 4.74 Å². The first-order valence-electron chi connectivity index (χ1n) is 8.00. The highest BCUT2D eigenvalue weighted by Crippen LogP contribution is 2.53. The molecule has 0 bridgehead atoms. The molecule has 1 N–H and O–H groups in total. The molecule has 0 saturated carbocycles. The molecule has 2 aromatic rings. The molecule has 3 atom stereocenters. The van der Waals surface area contributed by atoms with Crippen molar-refractivity contribution in [3.63, 3.8) is 0 Å². The van der Waals surface area contributed by atoms with E-state index in [0.717, 1.165) is 12.2 Å². The van der Waals surface area contributed by atoms with Crippen molar-refractivity contribution in [2.24, 2.45) is 5.92 Å². The number of fused-ring (bicyclic) bond motifs is 1. The van der Waals surface area contributed by atoms with Crippen LogP contribution in [0.3, 0.4) is 0 Å². The molecular weight excluding hydrogens is 272 g/mol. The van der Waals surface area contributed by atoms with Crippen LogP contribution in [0.5, 0.6) is 11.5 Å². The predicted octanol–water partition coefficient (Wildman–Crippen LogP) is 4.90. The normalized spacial score (nSPS) is 30.5. The van der Waals surface area contributed by atoms with Gasteiger partial charge in [0.05, 0.1) is 0 Å². The zero-order valence-electron chi connectivity index (χ0n) is 13.8. The maximum atomic E-state index is 9.62. The maximum absolute atomic E-state index is 9.62. The topological polar surface area (TPSA) is 29.5 Å². The van der Waals surface area contributed by atoms with Gasteiger partial charge in [-0.05, 0) is 37.1 Å². The average Bonchev–Trinajstić information content (AvgIpc) is 2.53. The Balaban J connectivity index is 2.25. The molecule has 116 valence electrons. The molecule has 0 amide bonds. The lowest BCUT2D eigenvalue weighted by atomic mass is 9.60. The fourth-order valence-corrected chi connectivity index (χ4v) is 3.76. The van der Waals surface area contributed by atoms with E-state index < -0.39 is 0 Å². The summed E-state index contributed by atoms with van der Waals surface area (Å²) in [5.74, 6) is 1.59. The maximum Gasteiger partial charge on any atom is 0.124 e. The van der Waals surface area contributed by atoms with Crippen molar-refractivity contribution in [1.82, 2.24) is 0 Å². The molecule has 3 unspecified atom stereocenters. The van der Waals surface area contributed by atoms with Gasteiger partial charge in [-0.15, -0.1) is 0 Å². The number of rotatable bonds is 2. The summed E-state index contributed by atoms with van der Waals surface area (Å²) < 4.78 is 6.37.